The normalized spacial score (nSPS) is 11.5. The van der Waals surface area contributed by atoms with Crippen LogP contribution in [0.3, 0.4) is 0 Å². The Balaban J connectivity index is 0.000000789. The minimum absolute atomic E-state index is 0.710. The Morgan fingerprint density at radius 2 is 0.933 bits per heavy atom. The molecule has 0 unspecified atom stereocenters. The van der Waals surface area contributed by atoms with E-state index < -0.39 is 70.1 Å². The molecule has 0 heterocycles. The molecule has 0 fully saturated rings. The van der Waals surface area contributed by atoms with E-state index >= 15 is 0 Å². The number of phosphoric acid groups is 1. The van der Waals surface area contributed by atoms with Gasteiger partial charge in [0.15, 0.2) is 7.14 Å². The van der Waals surface area contributed by atoms with E-state index in [4.69, 9.17) is 29.8 Å². The molecule has 0 saturated heterocycles. The first-order valence-electron chi connectivity index (χ1n) is 6.94. The van der Waals surface area contributed by atoms with E-state index in [-0.39, 0.29) is 0 Å². The molecule has 169 valence electrons. The van der Waals surface area contributed by atoms with Gasteiger partial charge in [0.2, 0.25) is 0 Å². The fourth-order valence-electron chi connectivity index (χ4n) is 1.53. The molecule has 30 heavy (non-hydrogen) atoms. The Morgan fingerprint density at radius 1 is 0.733 bits per heavy atom. The zero-order valence-corrected chi connectivity index (χ0v) is 20.1. The van der Waals surface area contributed by atoms with Gasteiger partial charge in [0, 0.05) is 0 Å². The van der Waals surface area contributed by atoms with Crippen LogP contribution in [0, 0.1) is 7.14 Å². The second-order valence-corrected chi connectivity index (χ2v) is 10.3. The van der Waals surface area contributed by atoms with E-state index in [2.05, 4.69) is 0 Å². The van der Waals surface area contributed by atoms with Crippen molar-refractivity contribution in [1.82, 2.24) is 0 Å². The quantitative estimate of drug-likeness (QED) is 0.214. The molecule has 0 aliphatic carbocycles. The van der Waals surface area contributed by atoms with Gasteiger partial charge in [0.1, 0.15) is 0 Å². The molecule has 0 aromatic heterocycles. The summed E-state index contributed by atoms with van der Waals surface area (Å²) < 4.78 is 111. The number of benzene rings is 2. The fourth-order valence-corrected chi connectivity index (χ4v) is 3.69. The number of alkyl halides is 6. The van der Waals surface area contributed by atoms with Crippen molar-refractivity contribution < 1.29 is 95.0 Å². The van der Waals surface area contributed by atoms with Crippen molar-refractivity contribution in [1.29, 1.82) is 0 Å². The molecule has 2 aromatic carbocycles. The second kappa shape index (κ2) is 12.2. The maximum absolute atomic E-state index is 12.4. The van der Waals surface area contributed by atoms with Crippen molar-refractivity contribution in [3.05, 3.63) is 66.8 Å². The Kier molecular flexibility index (Phi) is 11.9. The molecule has 0 aliphatic rings. The maximum atomic E-state index is 12.4. The van der Waals surface area contributed by atoms with Crippen LogP contribution in [-0.4, -0.2) is 14.7 Å². The van der Waals surface area contributed by atoms with Crippen molar-refractivity contribution >= 4 is 7.82 Å². The van der Waals surface area contributed by atoms with Gasteiger partial charge >= 0.3 is 69.6 Å². The number of rotatable bonds is 2. The van der Waals surface area contributed by atoms with E-state index in [1.807, 2.05) is 0 Å². The van der Waals surface area contributed by atoms with Gasteiger partial charge in [-0.05, 0) is 48.5 Å². The summed E-state index contributed by atoms with van der Waals surface area (Å²) in [6.45, 7) is 0. The number of hydrogen-bond acceptors (Lipinski definition) is 4. The number of hydrogen-bond donors (Lipinski definition) is 3. The standard InChI is InChI=1S/C14H8F6I.H3O4P.3O.W/c15-13(16,17)9-1-5-11(6-2-9)21-12-7-3-10(4-8-12)14(18,19)20;1-5(2,3)4;;;;/h1-8H;(H3,1,2,3,4);;;;/q+1;;;;-1;. The van der Waals surface area contributed by atoms with E-state index in [1.165, 1.54) is 24.3 Å². The molecular formula is C14H11F6IO7PW. The molecule has 0 bridgehead atoms. The molecule has 0 aliphatic heterocycles. The summed E-state index contributed by atoms with van der Waals surface area (Å²) >= 11 is -5.08. The second-order valence-electron chi connectivity index (χ2n) is 4.82. The topological polar surface area (TPSA) is 135 Å². The monoisotopic (exact) mass is 747 g/mol. The van der Waals surface area contributed by atoms with Crippen LogP contribution in [-0.2, 0) is 41.3 Å². The van der Waals surface area contributed by atoms with Crippen molar-refractivity contribution in [3.8, 4) is 0 Å². The average molecular weight is 747 g/mol. The van der Waals surface area contributed by atoms with Crippen molar-refractivity contribution in [3.63, 3.8) is 0 Å². The van der Waals surface area contributed by atoms with E-state index in [1.54, 1.807) is 0 Å². The predicted molar refractivity (Wildman–Crippen MR) is 75.9 cm³/mol. The molecule has 16 heteroatoms. The summed E-state index contributed by atoms with van der Waals surface area (Å²) in [6.07, 6.45) is -8.77. The molecule has 0 radical (unpaired) electrons. The molecule has 0 atom stereocenters. The molecule has 2 rings (SSSR count). The summed E-state index contributed by atoms with van der Waals surface area (Å²) in [6, 6.07) is 9.42. The molecule has 0 spiro atoms. The van der Waals surface area contributed by atoms with Gasteiger partial charge in [0.05, 0.1) is 11.1 Å². The van der Waals surface area contributed by atoms with Gasteiger partial charge in [-0.3, -0.25) is 0 Å². The van der Waals surface area contributed by atoms with Gasteiger partial charge in [-0.15, -0.1) is 0 Å². The first kappa shape index (κ1) is 29.1. The predicted octanol–water partition coefficient (Wildman–Crippen LogP) is -0.505. The van der Waals surface area contributed by atoms with Crippen LogP contribution in [0.2, 0.25) is 0 Å². The van der Waals surface area contributed by atoms with E-state index in [9.17, 15) is 26.3 Å². The third kappa shape index (κ3) is 15.0. The van der Waals surface area contributed by atoms with E-state index in [0.717, 1.165) is 24.3 Å². The minimum atomic E-state index is -4.64. The Morgan fingerprint density at radius 3 is 1.10 bits per heavy atom. The molecule has 2 aromatic rings. The Labute approximate surface area is 181 Å². The van der Waals surface area contributed by atoms with Gasteiger partial charge in [-0.25, -0.2) is 4.57 Å². The number of halogens is 7. The van der Waals surface area contributed by atoms with Crippen LogP contribution < -0.4 is 25.0 Å². The van der Waals surface area contributed by atoms with Gasteiger partial charge in [-0.1, -0.05) is 0 Å². The first-order chi connectivity index (χ1) is 13.4. The third-order valence-corrected chi connectivity index (χ3v) is 5.25. The summed E-state index contributed by atoms with van der Waals surface area (Å²) in [7, 11) is -4.64. The van der Waals surface area contributed by atoms with Crippen LogP contribution >= 0.6 is 7.82 Å². The van der Waals surface area contributed by atoms with Crippen LogP contribution in [0.4, 0.5) is 26.3 Å². The first-order valence-corrected chi connectivity index (χ1v) is 14.3. The van der Waals surface area contributed by atoms with Gasteiger partial charge in [0.25, 0.3) is 0 Å². The summed E-state index contributed by atoms with van der Waals surface area (Å²) in [5.74, 6) is 0. The van der Waals surface area contributed by atoms with Gasteiger partial charge < -0.3 is 14.7 Å². The zero-order valence-electron chi connectivity index (χ0n) is 14.1. The molecule has 0 amide bonds. The van der Waals surface area contributed by atoms with Crippen LogP contribution in [0.15, 0.2) is 48.5 Å². The Bertz CT molecular complexity index is 837. The molecular weight excluding hydrogens is 736 g/mol. The van der Waals surface area contributed by atoms with Crippen molar-refractivity contribution in [2.75, 3.05) is 0 Å². The van der Waals surface area contributed by atoms with Crippen molar-refractivity contribution in [2.45, 2.75) is 12.4 Å². The summed E-state index contributed by atoms with van der Waals surface area (Å²) in [4.78, 5) is 21.6. The van der Waals surface area contributed by atoms with Gasteiger partial charge in [-0.2, -0.15) is 26.3 Å². The molecule has 3 N–H and O–H groups in total. The van der Waals surface area contributed by atoms with Crippen molar-refractivity contribution in [2.24, 2.45) is 0 Å². The zero-order chi connectivity index (χ0) is 23.8. The summed E-state index contributed by atoms with van der Waals surface area (Å²) in [5.41, 5.74) is -1.47. The third-order valence-electron chi connectivity index (χ3n) is 2.56. The Hall–Kier alpha value is -0.892. The SMILES string of the molecule is FC(F)(F)c1ccc([I+]c2ccc(C(F)(F)F)cc2)cc1.O=P(O)(O)O.[O]=[W](=[O])[O-]. The fraction of sp³-hybridized carbons (Fsp3) is 0.143. The molecule has 0 saturated carbocycles. The van der Waals surface area contributed by atoms with E-state index in [0.29, 0.717) is 7.14 Å². The summed E-state index contributed by atoms with van der Waals surface area (Å²) in [5, 5.41) is 0. The van der Waals surface area contributed by atoms with Crippen LogP contribution in [0.5, 0.6) is 0 Å². The van der Waals surface area contributed by atoms with Crippen LogP contribution in [0.1, 0.15) is 11.1 Å². The molecule has 7 nitrogen and oxygen atoms in total. The van der Waals surface area contributed by atoms with Crippen LogP contribution in [0.25, 0.3) is 0 Å². The average Bonchev–Trinajstić information content (AvgIpc) is 2.52.